The summed E-state index contributed by atoms with van der Waals surface area (Å²) in [6.45, 7) is 1.92. The van der Waals surface area contributed by atoms with Gasteiger partial charge >= 0.3 is 5.97 Å². The number of carboxylic acids is 1. The molecule has 0 bridgehead atoms. The summed E-state index contributed by atoms with van der Waals surface area (Å²) in [7, 11) is 0. The Kier molecular flexibility index (Phi) is 5.93. The normalized spacial score (nSPS) is 16.1. The molecular weight excluding hydrogens is 360 g/mol. The van der Waals surface area contributed by atoms with Gasteiger partial charge in [-0.3, -0.25) is 9.59 Å². The number of nitrogens with one attached hydrogen (secondary N) is 1. The average Bonchev–Trinajstić information content (AvgIpc) is 3.03. The van der Waals surface area contributed by atoms with Gasteiger partial charge in [0.05, 0.1) is 0 Å². The van der Waals surface area contributed by atoms with Crippen LogP contribution in [-0.2, 0) is 20.9 Å². The first-order valence-electron chi connectivity index (χ1n) is 9.03. The van der Waals surface area contributed by atoms with Crippen LogP contribution in [0, 0.1) is 6.92 Å². The minimum atomic E-state index is -1.08. The third-order valence-corrected chi connectivity index (χ3v) is 4.57. The molecule has 2 amide bonds. The largest absolute Gasteiger partial charge is 0.482 e. The number of hydrogen-bond donors (Lipinski definition) is 2. The van der Waals surface area contributed by atoms with E-state index in [4.69, 9.17) is 9.84 Å². The van der Waals surface area contributed by atoms with E-state index in [2.05, 4.69) is 5.32 Å². The van der Waals surface area contributed by atoms with Crippen molar-refractivity contribution in [3.05, 3.63) is 59.7 Å². The van der Waals surface area contributed by atoms with E-state index in [1.807, 2.05) is 31.2 Å². The van der Waals surface area contributed by atoms with E-state index in [0.29, 0.717) is 30.8 Å². The first kappa shape index (κ1) is 19.4. The van der Waals surface area contributed by atoms with Crippen LogP contribution in [0.1, 0.15) is 24.0 Å². The molecule has 1 aliphatic rings. The zero-order valence-corrected chi connectivity index (χ0v) is 15.6. The maximum absolute atomic E-state index is 12.8. The van der Waals surface area contributed by atoms with Crippen LogP contribution in [0.25, 0.3) is 0 Å². The molecule has 28 heavy (non-hydrogen) atoms. The highest BCUT2D eigenvalue weighted by molar-refractivity contribution is 5.99. The number of carbonyl (C=O) groups is 3. The molecule has 1 saturated heterocycles. The molecule has 7 nitrogen and oxygen atoms in total. The van der Waals surface area contributed by atoms with E-state index in [1.54, 1.807) is 29.2 Å². The maximum Gasteiger partial charge on any atom is 0.341 e. The molecule has 1 heterocycles. The number of ether oxygens (including phenoxy) is 1. The number of nitrogens with zero attached hydrogens (tertiary/aromatic N) is 1. The molecule has 1 aliphatic heterocycles. The first-order valence-corrected chi connectivity index (χ1v) is 9.03. The Morgan fingerprint density at radius 1 is 1.21 bits per heavy atom. The van der Waals surface area contributed by atoms with E-state index in [0.717, 1.165) is 11.1 Å². The van der Waals surface area contributed by atoms with Gasteiger partial charge in [0.2, 0.25) is 11.8 Å². The van der Waals surface area contributed by atoms with Crippen molar-refractivity contribution in [2.24, 2.45) is 0 Å². The number of carboxylic acid groups (broad SMARTS) is 1. The Bertz CT molecular complexity index is 879. The van der Waals surface area contributed by atoms with E-state index in [9.17, 15) is 14.4 Å². The van der Waals surface area contributed by atoms with E-state index < -0.39 is 18.6 Å². The van der Waals surface area contributed by atoms with Gasteiger partial charge in [0, 0.05) is 24.7 Å². The summed E-state index contributed by atoms with van der Waals surface area (Å²) in [4.78, 5) is 37.3. The molecule has 0 saturated carbocycles. The van der Waals surface area contributed by atoms with Crippen molar-refractivity contribution in [1.29, 1.82) is 0 Å². The van der Waals surface area contributed by atoms with Crippen molar-refractivity contribution in [1.82, 2.24) is 4.90 Å². The number of carbonyl (C=O) groups excluding carboxylic acids is 2. The van der Waals surface area contributed by atoms with Gasteiger partial charge in [-0.25, -0.2) is 4.79 Å². The van der Waals surface area contributed by atoms with Gasteiger partial charge in [-0.1, -0.05) is 35.9 Å². The van der Waals surface area contributed by atoms with Crippen LogP contribution in [0.5, 0.6) is 5.75 Å². The monoisotopic (exact) mass is 382 g/mol. The highest BCUT2D eigenvalue weighted by Crippen LogP contribution is 2.24. The zero-order valence-electron chi connectivity index (χ0n) is 15.6. The van der Waals surface area contributed by atoms with Crippen molar-refractivity contribution >= 4 is 23.5 Å². The van der Waals surface area contributed by atoms with Crippen LogP contribution in [0.3, 0.4) is 0 Å². The van der Waals surface area contributed by atoms with Crippen LogP contribution in [0.15, 0.2) is 48.5 Å². The van der Waals surface area contributed by atoms with Crippen LogP contribution >= 0.6 is 0 Å². The summed E-state index contributed by atoms with van der Waals surface area (Å²) in [5, 5.41) is 11.5. The predicted octanol–water partition coefficient (Wildman–Crippen LogP) is 2.59. The molecule has 0 radical (unpaired) electrons. The zero-order chi connectivity index (χ0) is 20.1. The second-order valence-corrected chi connectivity index (χ2v) is 6.76. The van der Waals surface area contributed by atoms with Gasteiger partial charge in [0.25, 0.3) is 0 Å². The molecule has 1 unspecified atom stereocenters. The van der Waals surface area contributed by atoms with E-state index in [-0.39, 0.29) is 11.8 Å². The number of hydrogen-bond acceptors (Lipinski definition) is 4. The standard InChI is InChI=1S/C21H22N2O5/c1-14-5-7-15(8-6-14)12-23-18(9-10-19(23)24)21(27)22-16-3-2-4-17(11-16)28-13-20(25)26/h2-8,11,18H,9-10,12-13H2,1H3,(H,22,27)(H,25,26). The van der Waals surface area contributed by atoms with Crippen LogP contribution in [-0.4, -0.2) is 40.4 Å². The van der Waals surface area contributed by atoms with Crippen LogP contribution < -0.4 is 10.1 Å². The van der Waals surface area contributed by atoms with E-state index in [1.165, 1.54) is 0 Å². The van der Waals surface area contributed by atoms with Crippen molar-refractivity contribution in [3.8, 4) is 5.75 Å². The van der Waals surface area contributed by atoms with Gasteiger partial charge in [-0.15, -0.1) is 0 Å². The molecule has 2 aromatic rings. The second-order valence-electron chi connectivity index (χ2n) is 6.76. The highest BCUT2D eigenvalue weighted by atomic mass is 16.5. The lowest BCUT2D eigenvalue weighted by molar-refractivity contribution is -0.139. The summed E-state index contributed by atoms with van der Waals surface area (Å²) in [5.74, 6) is -1.04. The lowest BCUT2D eigenvalue weighted by Gasteiger charge is -2.24. The quantitative estimate of drug-likeness (QED) is 0.767. The molecule has 3 rings (SSSR count). The molecule has 0 aromatic heterocycles. The highest BCUT2D eigenvalue weighted by Gasteiger charge is 2.36. The fraction of sp³-hybridized carbons (Fsp3) is 0.286. The molecule has 2 aromatic carbocycles. The van der Waals surface area contributed by atoms with Crippen molar-refractivity contribution in [3.63, 3.8) is 0 Å². The number of anilines is 1. The lowest BCUT2D eigenvalue weighted by Crippen LogP contribution is -2.41. The summed E-state index contributed by atoms with van der Waals surface area (Å²) >= 11 is 0. The third-order valence-electron chi connectivity index (χ3n) is 4.57. The second kappa shape index (κ2) is 8.56. The first-order chi connectivity index (χ1) is 13.4. The number of aliphatic carboxylic acids is 1. The van der Waals surface area contributed by atoms with Gasteiger partial charge < -0.3 is 20.1 Å². The molecule has 0 aliphatic carbocycles. The molecule has 0 spiro atoms. The minimum Gasteiger partial charge on any atom is -0.482 e. The number of amides is 2. The number of rotatable bonds is 7. The van der Waals surface area contributed by atoms with E-state index >= 15 is 0 Å². The number of likely N-dealkylation sites (tertiary alicyclic amines) is 1. The smallest absolute Gasteiger partial charge is 0.341 e. The van der Waals surface area contributed by atoms with Gasteiger partial charge in [-0.05, 0) is 31.0 Å². The Morgan fingerprint density at radius 3 is 2.68 bits per heavy atom. The van der Waals surface area contributed by atoms with Gasteiger partial charge in [-0.2, -0.15) is 0 Å². The fourth-order valence-corrected chi connectivity index (χ4v) is 3.13. The molecule has 2 N–H and O–H groups in total. The minimum absolute atomic E-state index is 0.0423. The van der Waals surface area contributed by atoms with Crippen molar-refractivity contribution in [2.45, 2.75) is 32.4 Å². The molecule has 1 fully saturated rings. The Morgan fingerprint density at radius 2 is 1.96 bits per heavy atom. The molecule has 1 atom stereocenters. The fourth-order valence-electron chi connectivity index (χ4n) is 3.13. The van der Waals surface area contributed by atoms with Gasteiger partial charge in [0.15, 0.2) is 6.61 Å². The summed E-state index contributed by atoms with van der Waals surface area (Å²) in [5.41, 5.74) is 2.60. The SMILES string of the molecule is Cc1ccc(CN2C(=O)CCC2C(=O)Nc2cccc(OCC(=O)O)c2)cc1. The van der Waals surface area contributed by atoms with Crippen molar-refractivity contribution in [2.75, 3.05) is 11.9 Å². The van der Waals surface area contributed by atoms with Crippen LogP contribution in [0.4, 0.5) is 5.69 Å². The number of benzene rings is 2. The van der Waals surface area contributed by atoms with Gasteiger partial charge in [0.1, 0.15) is 11.8 Å². The number of aryl methyl sites for hydroxylation is 1. The van der Waals surface area contributed by atoms with Crippen LogP contribution in [0.2, 0.25) is 0 Å². The molecule has 7 heteroatoms. The Labute approximate surface area is 162 Å². The molecular formula is C21H22N2O5. The Hall–Kier alpha value is -3.35. The summed E-state index contributed by atoms with van der Waals surface area (Å²) in [6, 6.07) is 13.9. The summed E-state index contributed by atoms with van der Waals surface area (Å²) in [6.07, 6.45) is 0.803. The maximum atomic E-state index is 12.8. The topological polar surface area (TPSA) is 95.9 Å². The lowest BCUT2D eigenvalue weighted by atomic mass is 10.1. The Balaban J connectivity index is 1.67. The molecule has 146 valence electrons. The third kappa shape index (κ3) is 4.88. The van der Waals surface area contributed by atoms with Crippen molar-refractivity contribution < 1.29 is 24.2 Å². The summed E-state index contributed by atoms with van der Waals surface area (Å²) < 4.78 is 5.13. The predicted molar refractivity (Wildman–Crippen MR) is 103 cm³/mol. The average molecular weight is 382 g/mol.